The van der Waals surface area contributed by atoms with E-state index in [4.69, 9.17) is 0 Å². The van der Waals surface area contributed by atoms with Gasteiger partial charge in [-0.25, -0.2) is 8.42 Å². The smallest absolute Gasteiger partial charge is 0.264 e. The van der Waals surface area contributed by atoms with Gasteiger partial charge in [-0.3, -0.25) is 9.10 Å². The topological polar surface area (TPSA) is 69.7 Å². The van der Waals surface area contributed by atoms with Crippen molar-refractivity contribution < 1.29 is 13.2 Å². The first-order valence-electron chi connectivity index (χ1n) is 8.55. The average Bonchev–Trinajstić information content (AvgIpc) is 2.68. The van der Waals surface area contributed by atoms with E-state index in [0.717, 1.165) is 18.7 Å². The molecule has 8 heteroatoms. The van der Waals surface area contributed by atoms with E-state index >= 15 is 0 Å². The van der Waals surface area contributed by atoms with Crippen LogP contribution in [-0.4, -0.2) is 52.5 Å². The SMILES string of the molecule is Cc1ccc(N(C)S(=O)(=O)c2cccc(C(=O)N3CCNCC3)c2)cc1.Cl. The van der Waals surface area contributed by atoms with Crippen LogP contribution in [0.1, 0.15) is 15.9 Å². The van der Waals surface area contributed by atoms with E-state index in [0.29, 0.717) is 24.3 Å². The molecule has 0 bridgehead atoms. The first kappa shape index (κ1) is 21.2. The van der Waals surface area contributed by atoms with Crippen LogP contribution in [0.2, 0.25) is 0 Å². The van der Waals surface area contributed by atoms with E-state index in [2.05, 4.69) is 5.32 Å². The number of carbonyl (C=O) groups excluding carboxylic acids is 1. The lowest BCUT2D eigenvalue weighted by Crippen LogP contribution is -2.46. The third kappa shape index (κ3) is 4.61. The summed E-state index contributed by atoms with van der Waals surface area (Å²) in [5, 5.41) is 3.20. The Labute approximate surface area is 166 Å². The maximum Gasteiger partial charge on any atom is 0.264 e. The summed E-state index contributed by atoms with van der Waals surface area (Å²) >= 11 is 0. The molecule has 2 aromatic rings. The zero-order valence-corrected chi connectivity index (χ0v) is 17.0. The Hall–Kier alpha value is -2.09. The third-order valence-corrected chi connectivity index (χ3v) is 6.32. The Morgan fingerprint density at radius 1 is 1.07 bits per heavy atom. The second kappa shape index (κ2) is 8.73. The van der Waals surface area contributed by atoms with Crippen LogP contribution in [0.15, 0.2) is 53.4 Å². The summed E-state index contributed by atoms with van der Waals surface area (Å²) in [5.41, 5.74) is 2.03. The van der Waals surface area contributed by atoms with Gasteiger partial charge >= 0.3 is 0 Å². The van der Waals surface area contributed by atoms with E-state index in [1.54, 1.807) is 29.2 Å². The molecule has 1 aliphatic rings. The van der Waals surface area contributed by atoms with Crippen LogP contribution in [0, 0.1) is 6.92 Å². The Balaban J connectivity index is 0.00000261. The molecule has 146 valence electrons. The summed E-state index contributed by atoms with van der Waals surface area (Å²) in [6, 6.07) is 13.5. The van der Waals surface area contributed by atoms with Crippen molar-refractivity contribution in [3.8, 4) is 0 Å². The number of aryl methyl sites for hydroxylation is 1. The number of nitrogens with zero attached hydrogens (tertiary/aromatic N) is 2. The zero-order chi connectivity index (χ0) is 18.7. The van der Waals surface area contributed by atoms with Gasteiger partial charge in [-0.2, -0.15) is 0 Å². The van der Waals surface area contributed by atoms with Gasteiger partial charge in [0, 0.05) is 38.8 Å². The number of carbonyl (C=O) groups is 1. The van der Waals surface area contributed by atoms with Crippen molar-refractivity contribution in [2.24, 2.45) is 0 Å². The predicted octanol–water partition coefficient (Wildman–Crippen LogP) is 2.29. The number of hydrogen-bond donors (Lipinski definition) is 1. The highest BCUT2D eigenvalue weighted by atomic mass is 35.5. The van der Waals surface area contributed by atoms with Crippen LogP contribution in [0.4, 0.5) is 5.69 Å². The highest BCUT2D eigenvalue weighted by Gasteiger charge is 2.24. The number of hydrogen-bond acceptors (Lipinski definition) is 4. The number of benzene rings is 2. The summed E-state index contributed by atoms with van der Waals surface area (Å²) in [7, 11) is -2.22. The molecule has 1 aliphatic heterocycles. The fourth-order valence-corrected chi connectivity index (χ4v) is 4.13. The molecule has 1 amide bonds. The number of halogens is 1. The minimum Gasteiger partial charge on any atom is -0.336 e. The molecule has 1 saturated heterocycles. The molecule has 6 nitrogen and oxygen atoms in total. The molecule has 0 aromatic heterocycles. The number of nitrogens with one attached hydrogen (secondary N) is 1. The van der Waals surface area contributed by atoms with Crippen LogP contribution in [-0.2, 0) is 10.0 Å². The van der Waals surface area contributed by atoms with E-state index in [9.17, 15) is 13.2 Å². The fraction of sp³-hybridized carbons (Fsp3) is 0.316. The van der Waals surface area contributed by atoms with Gasteiger partial charge in [-0.15, -0.1) is 12.4 Å². The normalized spacial score (nSPS) is 14.4. The highest BCUT2D eigenvalue weighted by Crippen LogP contribution is 2.23. The number of sulfonamides is 1. The standard InChI is InChI=1S/C19H23N3O3S.ClH/c1-15-6-8-17(9-7-15)21(2)26(24,25)18-5-3-4-16(14-18)19(23)22-12-10-20-11-13-22;/h3-9,14,20H,10-13H2,1-2H3;1H. The monoisotopic (exact) mass is 409 g/mol. The van der Waals surface area contributed by atoms with E-state index in [-0.39, 0.29) is 23.2 Å². The Morgan fingerprint density at radius 2 is 1.70 bits per heavy atom. The minimum absolute atomic E-state index is 0. The molecule has 3 rings (SSSR count). The quantitative estimate of drug-likeness (QED) is 0.841. The van der Waals surface area contributed by atoms with Crippen molar-refractivity contribution in [3.63, 3.8) is 0 Å². The molecule has 0 radical (unpaired) electrons. The molecule has 1 N–H and O–H groups in total. The highest BCUT2D eigenvalue weighted by molar-refractivity contribution is 7.92. The van der Waals surface area contributed by atoms with Gasteiger partial charge in [-0.05, 0) is 37.3 Å². The molecule has 0 spiro atoms. The predicted molar refractivity (Wildman–Crippen MR) is 109 cm³/mol. The molecule has 2 aromatic carbocycles. The molecular weight excluding hydrogens is 386 g/mol. The Kier molecular flexibility index (Phi) is 6.86. The van der Waals surface area contributed by atoms with Crippen molar-refractivity contribution in [1.82, 2.24) is 10.2 Å². The van der Waals surface area contributed by atoms with Crippen LogP contribution in [0.3, 0.4) is 0 Å². The van der Waals surface area contributed by atoms with Gasteiger partial charge in [0.05, 0.1) is 10.6 Å². The lowest BCUT2D eigenvalue weighted by atomic mass is 10.2. The van der Waals surface area contributed by atoms with Crippen molar-refractivity contribution in [2.75, 3.05) is 37.5 Å². The van der Waals surface area contributed by atoms with Gasteiger partial charge in [0.15, 0.2) is 0 Å². The van der Waals surface area contributed by atoms with Gasteiger partial charge in [-0.1, -0.05) is 23.8 Å². The maximum absolute atomic E-state index is 13.0. The van der Waals surface area contributed by atoms with Crippen molar-refractivity contribution in [1.29, 1.82) is 0 Å². The first-order chi connectivity index (χ1) is 12.4. The van der Waals surface area contributed by atoms with Gasteiger partial charge < -0.3 is 10.2 Å². The largest absolute Gasteiger partial charge is 0.336 e. The van der Waals surface area contributed by atoms with E-state index in [1.807, 2.05) is 19.1 Å². The number of anilines is 1. The zero-order valence-electron chi connectivity index (χ0n) is 15.4. The molecule has 1 heterocycles. The van der Waals surface area contributed by atoms with Crippen LogP contribution in [0.5, 0.6) is 0 Å². The van der Waals surface area contributed by atoms with Crippen LogP contribution in [0.25, 0.3) is 0 Å². The molecule has 0 aliphatic carbocycles. The molecule has 0 atom stereocenters. The van der Waals surface area contributed by atoms with E-state index < -0.39 is 10.0 Å². The number of piperazine rings is 1. The lowest BCUT2D eigenvalue weighted by molar-refractivity contribution is 0.0735. The summed E-state index contributed by atoms with van der Waals surface area (Å²) < 4.78 is 27.2. The molecule has 27 heavy (non-hydrogen) atoms. The van der Waals surface area contributed by atoms with Gasteiger partial charge in [0.2, 0.25) is 0 Å². The average molecular weight is 410 g/mol. The summed E-state index contributed by atoms with van der Waals surface area (Å²) in [6.45, 7) is 4.70. The second-order valence-corrected chi connectivity index (χ2v) is 8.35. The minimum atomic E-state index is -3.74. The third-order valence-electron chi connectivity index (χ3n) is 4.54. The Bertz CT molecular complexity index is 895. The van der Waals surface area contributed by atoms with Crippen molar-refractivity contribution in [2.45, 2.75) is 11.8 Å². The van der Waals surface area contributed by atoms with Crippen molar-refractivity contribution >= 4 is 34.0 Å². The first-order valence-corrected chi connectivity index (χ1v) is 9.99. The van der Waals surface area contributed by atoms with Gasteiger partial charge in [0.25, 0.3) is 15.9 Å². The summed E-state index contributed by atoms with van der Waals surface area (Å²) in [4.78, 5) is 14.5. The van der Waals surface area contributed by atoms with E-state index in [1.165, 1.54) is 23.5 Å². The second-order valence-electron chi connectivity index (χ2n) is 6.38. The number of rotatable bonds is 4. The number of amides is 1. The fourth-order valence-electron chi connectivity index (χ4n) is 2.89. The maximum atomic E-state index is 13.0. The lowest BCUT2D eigenvalue weighted by Gasteiger charge is -2.27. The molecular formula is C19H24ClN3O3S. The summed E-state index contributed by atoms with van der Waals surface area (Å²) in [5.74, 6) is -0.137. The van der Waals surface area contributed by atoms with Crippen molar-refractivity contribution in [3.05, 3.63) is 59.7 Å². The molecule has 0 saturated carbocycles. The van der Waals surface area contributed by atoms with Crippen LogP contribution >= 0.6 is 12.4 Å². The Morgan fingerprint density at radius 3 is 2.33 bits per heavy atom. The molecule has 1 fully saturated rings. The van der Waals surface area contributed by atoms with Crippen LogP contribution < -0.4 is 9.62 Å². The summed E-state index contributed by atoms with van der Waals surface area (Å²) in [6.07, 6.45) is 0. The van der Waals surface area contributed by atoms with Gasteiger partial charge in [0.1, 0.15) is 0 Å². The molecule has 0 unspecified atom stereocenters.